The number of hydrogen-bond donors (Lipinski definition) is 0. The molecule has 0 aliphatic carbocycles. The number of fused-ring (bicyclic) bond motifs is 4. The van der Waals surface area contributed by atoms with Crippen LogP contribution in [-0.2, 0) is 10.8 Å². The van der Waals surface area contributed by atoms with Crippen LogP contribution in [-0.4, -0.2) is 4.57 Å². The van der Waals surface area contributed by atoms with E-state index in [1.807, 2.05) is 0 Å². The predicted molar refractivity (Wildman–Crippen MR) is 238 cm³/mol. The Labute approximate surface area is 326 Å². The molecule has 0 spiro atoms. The van der Waals surface area contributed by atoms with Crippen molar-refractivity contribution >= 4 is 71.2 Å². The molecule has 2 nitrogen and oxygen atoms in total. The molecular formula is C54H40N2. The molecule has 0 amide bonds. The Morgan fingerprint density at radius 2 is 0.857 bits per heavy atom. The Morgan fingerprint density at radius 3 is 1.54 bits per heavy atom. The summed E-state index contributed by atoms with van der Waals surface area (Å²) in [6.07, 6.45) is 0. The quantitative estimate of drug-likeness (QED) is 0.176. The molecule has 1 aromatic heterocycles. The number of benzene rings is 9. The molecule has 0 atom stereocenters. The van der Waals surface area contributed by atoms with Gasteiger partial charge in [-0.25, -0.2) is 0 Å². The third kappa shape index (κ3) is 4.01. The van der Waals surface area contributed by atoms with Gasteiger partial charge in [0.1, 0.15) is 0 Å². The first-order chi connectivity index (χ1) is 27.3. The van der Waals surface area contributed by atoms with Crippen LogP contribution in [0.1, 0.15) is 49.9 Å². The van der Waals surface area contributed by atoms with Gasteiger partial charge in [-0.3, -0.25) is 0 Å². The summed E-state index contributed by atoms with van der Waals surface area (Å²) in [7, 11) is 0. The number of hydrogen-bond acceptors (Lipinski definition) is 1. The molecule has 266 valence electrons. The molecule has 0 N–H and O–H groups in total. The van der Waals surface area contributed by atoms with Gasteiger partial charge in [-0.1, -0.05) is 167 Å². The molecule has 2 aliphatic heterocycles. The van der Waals surface area contributed by atoms with Gasteiger partial charge in [0.15, 0.2) is 0 Å². The average molecular weight is 717 g/mol. The highest BCUT2D eigenvalue weighted by atomic mass is 15.1. The molecule has 12 rings (SSSR count). The van der Waals surface area contributed by atoms with Crippen LogP contribution >= 0.6 is 0 Å². The van der Waals surface area contributed by atoms with E-state index in [0.29, 0.717) is 0 Å². The van der Waals surface area contributed by atoms with Crippen molar-refractivity contribution in [3.8, 4) is 16.8 Å². The fourth-order valence-electron chi connectivity index (χ4n) is 10.6. The second kappa shape index (κ2) is 11.0. The SMILES string of the molecule is CC1(C)c2cccc3c2-n2c4c1cccc4c1cc(-c4ccc(N(c5cccc6ccccc56)c5cccc6ccccc56)c5ccccc45)cc(c12)C3(C)C. The third-order valence-corrected chi connectivity index (χ3v) is 13.3. The number of nitrogens with zero attached hydrogens (tertiary/aromatic N) is 2. The summed E-state index contributed by atoms with van der Waals surface area (Å²) in [6, 6.07) is 63.6. The second-order valence-corrected chi connectivity index (χ2v) is 16.9. The first-order valence-corrected chi connectivity index (χ1v) is 19.9. The molecule has 0 saturated heterocycles. The van der Waals surface area contributed by atoms with Gasteiger partial charge in [-0.15, -0.1) is 0 Å². The minimum Gasteiger partial charge on any atom is -0.309 e. The molecule has 56 heavy (non-hydrogen) atoms. The average Bonchev–Trinajstić information content (AvgIpc) is 3.57. The van der Waals surface area contributed by atoms with E-state index in [2.05, 4.69) is 207 Å². The van der Waals surface area contributed by atoms with Gasteiger partial charge >= 0.3 is 0 Å². The van der Waals surface area contributed by atoms with Gasteiger partial charge in [0.2, 0.25) is 0 Å². The van der Waals surface area contributed by atoms with Gasteiger partial charge in [0, 0.05) is 37.8 Å². The Hall–Kier alpha value is -6.64. The van der Waals surface area contributed by atoms with Crippen LogP contribution in [0.25, 0.3) is 70.9 Å². The highest BCUT2D eigenvalue weighted by Crippen LogP contribution is 2.56. The lowest BCUT2D eigenvalue weighted by Gasteiger charge is -2.42. The Bertz CT molecular complexity index is 3230. The van der Waals surface area contributed by atoms with Crippen molar-refractivity contribution in [2.24, 2.45) is 0 Å². The number of aromatic nitrogens is 1. The van der Waals surface area contributed by atoms with Crippen LogP contribution in [0.2, 0.25) is 0 Å². The summed E-state index contributed by atoms with van der Waals surface area (Å²) in [5.41, 5.74) is 15.4. The topological polar surface area (TPSA) is 8.17 Å². The minimum absolute atomic E-state index is 0.0995. The fourth-order valence-corrected chi connectivity index (χ4v) is 10.6. The van der Waals surface area contributed by atoms with Crippen molar-refractivity contribution in [1.29, 1.82) is 0 Å². The van der Waals surface area contributed by atoms with Gasteiger partial charge in [-0.2, -0.15) is 0 Å². The van der Waals surface area contributed by atoms with Gasteiger partial charge in [-0.05, 0) is 79.9 Å². The number of para-hydroxylation sites is 2. The smallest absolute Gasteiger partial charge is 0.0582 e. The highest BCUT2D eigenvalue weighted by Gasteiger charge is 2.43. The summed E-state index contributed by atoms with van der Waals surface area (Å²) >= 11 is 0. The number of anilines is 3. The lowest BCUT2D eigenvalue weighted by atomic mass is 9.68. The van der Waals surface area contributed by atoms with E-state index in [9.17, 15) is 0 Å². The minimum atomic E-state index is -0.188. The van der Waals surface area contributed by atoms with Gasteiger partial charge < -0.3 is 9.47 Å². The maximum atomic E-state index is 2.62. The largest absolute Gasteiger partial charge is 0.309 e. The van der Waals surface area contributed by atoms with E-state index in [1.165, 1.54) is 105 Å². The molecule has 2 aliphatic rings. The molecule has 3 heterocycles. The predicted octanol–water partition coefficient (Wildman–Crippen LogP) is 14.7. The van der Waals surface area contributed by atoms with E-state index in [0.717, 1.165) is 5.69 Å². The summed E-state index contributed by atoms with van der Waals surface area (Å²) in [5.74, 6) is 0. The van der Waals surface area contributed by atoms with Crippen molar-refractivity contribution in [1.82, 2.24) is 4.57 Å². The van der Waals surface area contributed by atoms with Crippen LogP contribution in [0.4, 0.5) is 17.1 Å². The zero-order valence-corrected chi connectivity index (χ0v) is 32.1. The van der Waals surface area contributed by atoms with E-state index < -0.39 is 0 Å². The lowest BCUT2D eigenvalue weighted by Crippen LogP contribution is -2.33. The van der Waals surface area contributed by atoms with Crippen LogP contribution in [0.15, 0.2) is 170 Å². The van der Waals surface area contributed by atoms with E-state index in [-0.39, 0.29) is 10.8 Å². The second-order valence-electron chi connectivity index (χ2n) is 16.9. The van der Waals surface area contributed by atoms with Crippen LogP contribution in [0.3, 0.4) is 0 Å². The fraction of sp³-hybridized carbons (Fsp3) is 0.111. The zero-order chi connectivity index (χ0) is 37.5. The van der Waals surface area contributed by atoms with Crippen molar-refractivity contribution < 1.29 is 0 Å². The van der Waals surface area contributed by atoms with Crippen LogP contribution in [0, 0.1) is 0 Å². The first-order valence-electron chi connectivity index (χ1n) is 19.9. The molecule has 0 fully saturated rings. The lowest BCUT2D eigenvalue weighted by molar-refractivity contribution is 0.594. The van der Waals surface area contributed by atoms with E-state index in [4.69, 9.17) is 0 Å². The zero-order valence-electron chi connectivity index (χ0n) is 32.1. The van der Waals surface area contributed by atoms with Crippen molar-refractivity contribution in [2.75, 3.05) is 4.90 Å². The van der Waals surface area contributed by atoms with Gasteiger partial charge in [0.25, 0.3) is 0 Å². The summed E-state index contributed by atoms with van der Waals surface area (Å²) < 4.78 is 2.62. The maximum absolute atomic E-state index is 2.62. The van der Waals surface area contributed by atoms with Crippen molar-refractivity contribution in [3.63, 3.8) is 0 Å². The standard InChI is InChI=1S/C54H40N2/c1-53(2)43-24-13-23-41-42-31-35(32-46-51(42)56(50(41)43)52-44(53)25-14-26-45(52)54(46,3)4)36-29-30-49(40-22-10-9-21-39(36)40)55(47-27-11-17-33-15-5-7-19-37(33)47)48-28-12-18-34-16-6-8-20-38(34)48/h5-32H,1-4H3. The molecule has 0 saturated carbocycles. The Morgan fingerprint density at radius 1 is 0.375 bits per heavy atom. The normalized spacial score (nSPS) is 14.7. The summed E-state index contributed by atoms with van der Waals surface area (Å²) in [5, 5.41) is 10.0. The highest BCUT2D eigenvalue weighted by molar-refractivity contribution is 6.17. The molecule has 2 heteroatoms. The molecular weight excluding hydrogens is 677 g/mol. The van der Waals surface area contributed by atoms with E-state index in [1.54, 1.807) is 0 Å². The van der Waals surface area contributed by atoms with Crippen LogP contribution < -0.4 is 4.90 Å². The first kappa shape index (κ1) is 31.7. The summed E-state index contributed by atoms with van der Waals surface area (Å²) in [6.45, 7) is 9.66. The third-order valence-electron chi connectivity index (χ3n) is 13.3. The monoisotopic (exact) mass is 716 g/mol. The summed E-state index contributed by atoms with van der Waals surface area (Å²) in [4.78, 5) is 2.49. The maximum Gasteiger partial charge on any atom is 0.0582 e. The Balaban J connectivity index is 1.15. The van der Waals surface area contributed by atoms with Gasteiger partial charge in [0.05, 0.1) is 33.8 Å². The Kier molecular flexibility index (Phi) is 6.22. The molecule has 0 radical (unpaired) electrons. The molecule has 0 bridgehead atoms. The molecule has 0 unspecified atom stereocenters. The van der Waals surface area contributed by atoms with Crippen molar-refractivity contribution in [2.45, 2.75) is 38.5 Å². The molecule has 10 aromatic rings. The van der Waals surface area contributed by atoms with Crippen molar-refractivity contribution in [3.05, 3.63) is 192 Å². The molecule has 9 aromatic carbocycles. The van der Waals surface area contributed by atoms with E-state index >= 15 is 0 Å². The van der Waals surface area contributed by atoms with Crippen LogP contribution in [0.5, 0.6) is 0 Å². The number of rotatable bonds is 4.